The van der Waals surface area contributed by atoms with E-state index >= 15 is 0 Å². The summed E-state index contributed by atoms with van der Waals surface area (Å²) in [4.78, 5) is 14.6. The minimum Gasteiger partial charge on any atom is -0.343 e. The zero-order valence-electron chi connectivity index (χ0n) is 13.0. The van der Waals surface area contributed by atoms with E-state index in [2.05, 4.69) is 37.9 Å². The molecule has 1 N–H and O–H groups in total. The summed E-state index contributed by atoms with van der Waals surface area (Å²) < 4.78 is 0. The summed E-state index contributed by atoms with van der Waals surface area (Å²) in [5.74, 6) is 2.43. The van der Waals surface area contributed by atoms with Crippen LogP contribution in [0.5, 0.6) is 0 Å². The molecule has 2 fully saturated rings. The molecule has 3 atom stereocenters. The Labute approximate surface area is 118 Å². The first-order valence-corrected chi connectivity index (χ1v) is 7.86. The van der Waals surface area contributed by atoms with E-state index in [0.717, 1.165) is 38.0 Å². The lowest BCUT2D eigenvalue weighted by Crippen LogP contribution is -2.35. The third-order valence-corrected chi connectivity index (χ3v) is 5.33. The molecule has 19 heavy (non-hydrogen) atoms. The van der Waals surface area contributed by atoms with Crippen LogP contribution in [0.2, 0.25) is 0 Å². The largest absolute Gasteiger partial charge is 0.343 e. The standard InChI is InChI=1S/C16H30N2O/c1-12(16(2,3)4)9-15(19)18-7-5-13-10-17-11-14(13)6-8-18/h12-14,17H,5-11H2,1-4H3/t12?,13-,14+. The molecule has 0 radical (unpaired) electrons. The van der Waals surface area contributed by atoms with Gasteiger partial charge >= 0.3 is 0 Å². The van der Waals surface area contributed by atoms with Crippen LogP contribution in [0.15, 0.2) is 0 Å². The summed E-state index contributed by atoms with van der Waals surface area (Å²) in [6, 6.07) is 0. The zero-order valence-corrected chi connectivity index (χ0v) is 13.0. The molecule has 1 unspecified atom stereocenters. The average molecular weight is 266 g/mol. The second-order valence-corrected chi connectivity index (χ2v) is 7.61. The van der Waals surface area contributed by atoms with Gasteiger partial charge in [0, 0.05) is 19.5 Å². The first-order valence-electron chi connectivity index (χ1n) is 7.86. The highest BCUT2D eigenvalue weighted by molar-refractivity contribution is 5.76. The van der Waals surface area contributed by atoms with Crippen LogP contribution >= 0.6 is 0 Å². The summed E-state index contributed by atoms with van der Waals surface area (Å²) in [6.07, 6.45) is 3.08. The van der Waals surface area contributed by atoms with Crippen molar-refractivity contribution in [2.24, 2.45) is 23.2 Å². The molecule has 0 aliphatic carbocycles. The SMILES string of the molecule is CC(CC(=O)N1CC[C@@H]2CNC[C@@H]2CC1)C(C)(C)C. The van der Waals surface area contributed by atoms with E-state index < -0.39 is 0 Å². The van der Waals surface area contributed by atoms with Gasteiger partial charge in [-0.25, -0.2) is 0 Å². The Kier molecular flexibility index (Phi) is 4.54. The Morgan fingerprint density at radius 1 is 1.21 bits per heavy atom. The summed E-state index contributed by atoms with van der Waals surface area (Å²) in [5, 5.41) is 3.48. The lowest BCUT2D eigenvalue weighted by atomic mass is 9.80. The minimum atomic E-state index is 0.224. The second kappa shape index (κ2) is 5.82. The third kappa shape index (κ3) is 3.71. The van der Waals surface area contributed by atoms with Gasteiger partial charge in [-0.05, 0) is 49.1 Å². The van der Waals surface area contributed by atoms with Gasteiger partial charge in [0.15, 0.2) is 0 Å². The van der Waals surface area contributed by atoms with E-state index in [4.69, 9.17) is 0 Å². The molecular formula is C16H30N2O. The van der Waals surface area contributed by atoms with Crippen LogP contribution in [0.25, 0.3) is 0 Å². The van der Waals surface area contributed by atoms with Gasteiger partial charge in [0.25, 0.3) is 0 Å². The summed E-state index contributed by atoms with van der Waals surface area (Å²) >= 11 is 0. The molecular weight excluding hydrogens is 236 g/mol. The summed E-state index contributed by atoms with van der Waals surface area (Å²) in [6.45, 7) is 13.1. The van der Waals surface area contributed by atoms with E-state index in [1.54, 1.807) is 0 Å². The Bertz CT molecular complexity index is 307. The molecule has 2 aliphatic heterocycles. The van der Waals surface area contributed by atoms with Crippen molar-refractivity contribution in [1.82, 2.24) is 10.2 Å². The maximum Gasteiger partial charge on any atom is 0.222 e. The molecule has 0 bridgehead atoms. The van der Waals surface area contributed by atoms with Gasteiger partial charge in [-0.15, -0.1) is 0 Å². The normalized spacial score (nSPS) is 29.8. The van der Waals surface area contributed by atoms with Crippen molar-refractivity contribution in [2.75, 3.05) is 26.2 Å². The van der Waals surface area contributed by atoms with Gasteiger partial charge in [-0.1, -0.05) is 27.7 Å². The molecule has 1 amide bonds. The van der Waals surface area contributed by atoms with Crippen molar-refractivity contribution in [1.29, 1.82) is 0 Å². The quantitative estimate of drug-likeness (QED) is 0.833. The molecule has 110 valence electrons. The second-order valence-electron chi connectivity index (χ2n) is 7.61. The summed E-state index contributed by atoms with van der Waals surface area (Å²) in [5.41, 5.74) is 0.224. The number of amides is 1. The van der Waals surface area contributed by atoms with Crippen molar-refractivity contribution in [3.8, 4) is 0 Å². The zero-order chi connectivity index (χ0) is 14.0. The highest BCUT2D eigenvalue weighted by Gasteiger charge is 2.32. The number of carbonyl (C=O) groups is 1. The van der Waals surface area contributed by atoms with E-state index in [9.17, 15) is 4.79 Å². The summed E-state index contributed by atoms with van der Waals surface area (Å²) in [7, 11) is 0. The van der Waals surface area contributed by atoms with Gasteiger partial charge in [-0.3, -0.25) is 4.79 Å². The van der Waals surface area contributed by atoms with Crippen molar-refractivity contribution in [2.45, 2.75) is 47.0 Å². The fourth-order valence-electron chi connectivity index (χ4n) is 3.16. The van der Waals surface area contributed by atoms with Crippen LogP contribution in [0.3, 0.4) is 0 Å². The number of hydrogen-bond acceptors (Lipinski definition) is 2. The smallest absolute Gasteiger partial charge is 0.222 e. The molecule has 2 rings (SSSR count). The highest BCUT2D eigenvalue weighted by atomic mass is 16.2. The molecule has 0 aromatic heterocycles. The van der Waals surface area contributed by atoms with Crippen LogP contribution < -0.4 is 5.32 Å². The van der Waals surface area contributed by atoms with E-state index in [-0.39, 0.29) is 5.41 Å². The molecule has 0 spiro atoms. The first-order chi connectivity index (χ1) is 8.88. The number of nitrogens with one attached hydrogen (secondary N) is 1. The Balaban J connectivity index is 1.86. The molecule has 0 aromatic carbocycles. The molecule has 2 heterocycles. The molecule has 0 saturated carbocycles. The Morgan fingerprint density at radius 2 is 1.74 bits per heavy atom. The molecule has 2 aliphatic rings. The van der Waals surface area contributed by atoms with Crippen LogP contribution in [0.1, 0.15) is 47.0 Å². The number of likely N-dealkylation sites (tertiary alicyclic amines) is 1. The van der Waals surface area contributed by atoms with E-state index in [1.165, 1.54) is 12.8 Å². The predicted molar refractivity (Wildman–Crippen MR) is 78.9 cm³/mol. The lowest BCUT2D eigenvalue weighted by Gasteiger charge is -2.29. The molecule has 3 nitrogen and oxygen atoms in total. The van der Waals surface area contributed by atoms with Crippen LogP contribution in [0.4, 0.5) is 0 Å². The van der Waals surface area contributed by atoms with E-state index in [1.807, 2.05) is 0 Å². The predicted octanol–water partition coefficient (Wildman–Crippen LogP) is 2.52. The van der Waals surface area contributed by atoms with Gasteiger partial charge in [0.2, 0.25) is 5.91 Å². The van der Waals surface area contributed by atoms with Crippen molar-refractivity contribution in [3.63, 3.8) is 0 Å². The fraction of sp³-hybridized carbons (Fsp3) is 0.938. The van der Waals surface area contributed by atoms with E-state index in [0.29, 0.717) is 18.2 Å². The molecule has 3 heteroatoms. The number of carbonyl (C=O) groups excluding carboxylic acids is 1. The van der Waals surface area contributed by atoms with Crippen molar-refractivity contribution in [3.05, 3.63) is 0 Å². The van der Waals surface area contributed by atoms with Gasteiger partial charge < -0.3 is 10.2 Å². The third-order valence-electron chi connectivity index (χ3n) is 5.33. The van der Waals surface area contributed by atoms with Crippen LogP contribution in [0, 0.1) is 23.2 Å². The number of rotatable bonds is 2. The van der Waals surface area contributed by atoms with Gasteiger partial charge in [0.05, 0.1) is 0 Å². The number of hydrogen-bond donors (Lipinski definition) is 1. The molecule has 0 aromatic rings. The monoisotopic (exact) mass is 266 g/mol. The first kappa shape index (κ1) is 14.8. The van der Waals surface area contributed by atoms with Crippen LogP contribution in [-0.4, -0.2) is 37.0 Å². The average Bonchev–Trinajstić information content (AvgIpc) is 2.66. The minimum absolute atomic E-state index is 0.224. The number of fused-ring (bicyclic) bond motifs is 1. The van der Waals surface area contributed by atoms with Crippen molar-refractivity contribution < 1.29 is 4.79 Å². The molecule has 2 saturated heterocycles. The Morgan fingerprint density at radius 3 is 2.21 bits per heavy atom. The van der Waals surface area contributed by atoms with Crippen molar-refractivity contribution >= 4 is 5.91 Å². The fourth-order valence-corrected chi connectivity index (χ4v) is 3.16. The topological polar surface area (TPSA) is 32.3 Å². The maximum absolute atomic E-state index is 12.4. The van der Waals surface area contributed by atoms with Gasteiger partial charge in [-0.2, -0.15) is 0 Å². The van der Waals surface area contributed by atoms with Crippen LogP contribution in [-0.2, 0) is 4.79 Å². The number of nitrogens with zero attached hydrogens (tertiary/aromatic N) is 1. The van der Waals surface area contributed by atoms with Gasteiger partial charge in [0.1, 0.15) is 0 Å². The lowest BCUT2D eigenvalue weighted by molar-refractivity contribution is -0.132. The highest BCUT2D eigenvalue weighted by Crippen LogP contribution is 2.30. The Hall–Kier alpha value is -0.570. The maximum atomic E-state index is 12.4.